The molecule has 0 unspecified atom stereocenters. The largest absolute Gasteiger partial charge is 0.248 e. The van der Waals surface area contributed by atoms with Crippen molar-refractivity contribution in [2.45, 2.75) is 5.41 Å². The summed E-state index contributed by atoms with van der Waals surface area (Å²) in [6, 6.07) is 88.7. The summed E-state index contributed by atoms with van der Waals surface area (Å²) in [5.41, 5.74) is 19.0. The number of hydrogen-bond acceptors (Lipinski definition) is 3. The Morgan fingerprint density at radius 1 is 0.262 bits per heavy atom. The van der Waals surface area contributed by atoms with Gasteiger partial charge in [-0.2, -0.15) is 0 Å². The highest BCUT2D eigenvalue weighted by Crippen LogP contribution is 2.57. The van der Waals surface area contributed by atoms with Gasteiger partial charge < -0.3 is 0 Å². The maximum absolute atomic E-state index is 5.50. The van der Waals surface area contributed by atoms with E-state index in [1.54, 1.807) is 0 Å². The normalized spacial score (nSPS) is 12.4. The van der Waals surface area contributed by atoms with Crippen molar-refractivity contribution in [3.8, 4) is 78.5 Å². The molecule has 304 valence electrons. The van der Waals surface area contributed by atoms with Gasteiger partial charge in [0.05, 0.1) is 28.0 Å². The third-order valence-electron chi connectivity index (χ3n) is 12.9. The average molecular weight is 828 g/mol. The monoisotopic (exact) mass is 827 g/mol. The zero-order valence-corrected chi connectivity index (χ0v) is 35.5. The molecule has 0 fully saturated rings. The van der Waals surface area contributed by atoms with E-state index in [2.05, 4.69) is 243 Å². The standard InChI is InChI=1S/C62H41N3/c1-6-20-42(21-7-1)45-26-18-28-47(36-45)59-41-58(44-24-10-3-11-25-44)64-61(65-59)48-29-19-27-46(37-48)52-39-57(43-22-8-2-9-23-43)63-60-40-56-53(38-54(52)60)51-34-16-17-35-55(51)62(56,49-30-12-4-13-31-49)50-32-14-5-15-33-50/h1-41H. The van der Waals surface area contributed by atoms with Crippen molar-refractivity contribution in [3.63, 3.8) is 0 Å². The molecule has 2 aromatic heterocycles. The number of hydrogen-bond donors (Lipinski definition) is 0. The second-order valence-electron chi connectivity index (χ2n) is 16.7. The predicted molar refractivity (Wildman–Crippen MR) is 267 cm³/mol. The van der Waals surface area contributed by atoms with Gasteiger partial charge in [0.25, 0.3) is 0 Å². The smallest absolute Gasteiger partial charge is 0.160 e. The number of nitrogens with zero attached hydrogens (tertiary/aromatic N) is 3. The van der Waals surface area contributed by atoms with E-state index in [-0.39, 0.29) is 0 Å². The lowest BCUT2D eigenvalue weighted by Gasteiger charge is -2.34. The Labute approximate surface area is 379 Å². The van der Waals surface area contributed by atoms with Crippen molar-refractivity contribution in [1.29, 1.82) is 0 Å². The Hall–Kier alpha value is -8.53. The lowest BCUT2D eigenvalue weighted by molar-refractivity contribution is 0.769. The van der Waals surface area contributed by atoms with Crippen molar-refractivity contribution in [1.82, 2.24) is 15.0 Å². The van der Waals surface area contributed by atoms with Crippen molar-refractivity contribution < 1.29 is 0 Å². The molecule has 0 N–H and O–H groups in total. The van der Waals surface area contributed by atoms with Crippen molar-refractivity contribution in [3.05, 3.63) is 271 Å². The van der Waals surface area contributed by atoms with E-state index in [0.717, 1.165) is 66.9 Å². The van der Waals surface area contributed by atoms with Crippen LogP contribution in [0, 0.1) is 0 Å². The number of benzene rings is 9. The summed E-state index contributed by atoms with van der Waals surface area (Å²) in [6.45, 7) is 0. The van der Waals surface area contributed by atoms with Crippen molar-refractivity contribution in [2.75, 3.05) is 0 Å². The molecule has 0 saturated carbocycles. The number of rotatable bonds is 8. The lowest BCUT2D eigenvalue weighted by atomic mass is 9.67. The van der Waals surface area contributed by atoms with Gasteiger partial charge in [-0.15, -0.1) is 0 Å². The van der Waals surface area contributed by atoms with Crippen LogP contribution in [0.2, 0.25) is 0 Å². The molecular weight excluding hydrogens is 787 g/mol. The summed E-state index contributed by atoms with van der Waals surface area (Å²) in [5.74, 6) is 0.667. The fourth-order valence-corrected chi connectivity index (χ4v) is 9.95. The fraction of sp³-hybridized carbons (Fsp3) is 0.0161. The Morgan fingerprint density at radius 2 is 0.738 bits per heavy atom. The van der Waals surface area contributed by atoms with Crippen LogP contribution in [0.25, 0.3) is 89.4 Å². The molecule has 0 atom stereocenters. The minimum absolute atomic E-state index is 0.535. The topological polar surface area (TPSA) is 38.7 Å². The number of fused-ring (bicyclic) bond motifs is 4. The predicted octanol–water partition coefficient (Wildman–Crippen LogP) is 15.4. The van der Waals surface area contributed by atoms with Crippen LogP contribution < -0.4 is 0 Å². The van der Waals surface area contributed by atoms with Crippen LogP contribution in [0.3, 0.4) is 0 Å². The molecule has 9 aromatic carbocycles. The zero-order valence-electron chi connectivity index (χ0n) is 35.5. The van der Waals surface area contributed by atoms with Gasteiger partial charge in [-0.05, 0) is 92.0 Å². The third kappa shape index (κ3) is 6.65. The quantitative estimate of drug-likeness (QED) is 0.153. The first-order valence-electron chi connectivity index (χ1n) is 22.2. The van der Waals surface area contributed by atoms with Gasteiger partial charge in [-0.1, -0.05) is 212 Å². The molecule has 12 rings (SSSR count). The van der Waals surface area contributed by atoms with Gasteiger partial charge in [0.1, 0.15) is 0 Å². The molecule has 0 spiro atoms. The van der Waals surface area contributed by atoms with Gasteiger partial charge in [0.15, 0.2) is 5.82 Å². The highest BCUT2D eigenvalue weighted by molar-refractivity contribution is 6.03. The van der Waals surface area contributed by atoms with Gasteiger partial charge in [-0.3, -0.25) is 0 Å². The first-order chi connectivity index (χ1) is 32.2. The Kier molecular flexibility index (Phi) is 9.39. The molecule has 1 aliphatic rings. The summed E-state index contributed by atoms with van der Waals surface area (Å²) in [6.07, 6.45) is 0. The van der Waals surface area contributed by atoms with E-state index in [9.17, 15) is 0 Å². The Morgan fingerprint density at radius 3 is 1.38 bits per heavy atom. The summed E-state index contributed by atoms with van der Waals surface area (Å²) < 4.78 is 0. The third-order valence-corrected chi connectivity index (χ3v) is 12.9. The molecule has 0 aliphatic heterocycles. The van der Waals surface area contributed by atoms with Crippen LogP contribution in [-0.2, 0) is 5.41 Å². The molecule has 65 heavy (non-hydrogen) atoms. The van der Waals surface area contributed by atoms with Crippen LogP contribution in [0.5, 0.6) is 0 Å². The van der Waals surface area contributed by atoms with Gasteiger partial charge in [0.2, 0.25) is 0 Å². The first kappa shape index (κ1) is 38.2. The second-order valence-corrected chi connectivity index (χ2v) is 16.7. The summed E-state index contributed by atoms with van der Waals surface area (Å²) >= 11 is 0. The SMILES string of the molecule is c1ccc(-c2cccc(-c3cc(-c4ccccc4)nc(-c4cccc(-c5cc(-c6ccccc6)nc6cc7c(cc56)-c5ccccc5C7(c5ccccc5)c5ccccc5)c4)n3)c2)cc1. The van der Waals surface area contributed by atoms with Crippen LogP contribution in [0.15, 0.2) is 249 Å². The molecule has 11 aromatic rings. The van der Waals surface area contributed by atoms with E-state index in [0.29, 0.717) is 5.82 Å². The maximum atomic E-state index is 5.50. The van der Waals surface area contributed by atoms with E-state index >= 15 is 0 Å². The second kappa shape index (κ2) is 16.0. The van der Waals surface area contributed by atoms with E-state index in [1.165, 1.54) is 38.9 Å². The molecular formula is C62H41N3. The lowest BCUT2D eigenvalue weighted by Crippen LogP contribution is -2.28. The average Bonchev–Trinajstić information content (AvgIpc) is 3.68. The summed E-state index contributed by atoms with van der Waals surface area (Å²) in [5, 5.41) is 1.09. The van der Waals surface area contributed by atoms with Crippen LogP contribution in [-0.4, -0.2) is 15.0 Å². The molecule has 1 aliphatic carbocycles. The van der Waals surface area contributed by atoms with E-state index < -0.39 is 5.41 Å². The number of aromatic nitrogens is 3. The first-order valence-corrected chi connectivity index (χ1v) is 22.2. The molecule has 0 radical (unpaired) electrons. The Balaban J connectivity index is 1.07. The van der Waals surface area contributed by atoms with Gasteiger partial charge in [0, 0.05) is 27.6 Å². The minimum atomic E-state index is -0.535. The van der Waals surface area contributed by atoms with Crippen LogP contribution in [0.1, 0.15) is 22.3 Å². The molecule has 0 bridgehead atoms. The summed E-state index contributed by atoms with van der Waals surface area (Å²) in [7, 11) is 0. The maximum Gasteiger partial charge on any atom is 0.160 e. The van der Waals surface area contributed by atoms with Crippen molar-refractivity contribution >= 4 is 10.9 Å². The highest BCUT2D eigenvalue weighted by atomic mass is 14.9. The molecule has 3 nitrogen and oxygen atoms in total. The Bertz CT molecular complexity index is 3470. The number of pyridine rings is 1. The van der Waals surface area contributed by atoms with Gasteiger partial charge in [-0.25, -0.2) is 15.0 Å². The van der Waals surface area contributed by atoms with E-state index in [4.69, 9.17) is 15.0 Å². The molecule has 2 heterocycles. The van der Waals surface area contributed by atoms with Crippen LogP contribution in [0.4, 0.5) is 0 Å². The molecule has 3 heteroatoms. The zero-order chi connectivity index (χ0) is 43.2. The minimum Gasteiger partial charge on any atom is -0.248 e. The highest BCUT2D eigenvalue weighted by Gasteiger charge is 2.46. The van der Waals surface area contributed by atoms with Gasteiger partial charge >= 0.3 is 0 Å². The van der Waals surface area contributed by atoms with Crippen molar-refractivity contribution in [2.24, 2.45) is 0 Å². The summed E-state index contributed by atoms with van der Waals surface area (Å²) in [4.78, 5) is 16.1. The molecule has 0 amide bonds. The van der Waals surface area contributed by atoms with Crippen LogP contribution >= 0.6 is 0 Å². The fourth-order valence-electron chi connectivity index (χ4n) is 9.95. The van der Waals surface area contributed by atoms with E-state index in [1.807, 2.05) is 6.07 Å². The molecule has 0 saturated heterocycles.